The lowest BCUT2D eigenvalue weighted by Crippen LogP contribution is -2.61. The number of hydrogen-bond donors (Lipinski definition) is 3. The SMILES string of the molecule is C[C@@H]1CO[C@@]2(C[C@@H]1OC(=O)c1ccccc1)O[C@@H]1C[C@H](C(=O)O)C[C@H](O)[C@]1(O)C2=O. The average Bonchev–Trinajstić information content (AvgIpc) is 2.94. The predicted octanol–water partition coefficient (Wildman–Crippen LogP) is 0.519. The maximum Gasteiger partial charge on any atom is 0.338 e. The van der Waals surface area contributed by atoms with Crippen molar-refractivity contribution in [2.24, 2.45) is 11.8 Å². The van der Waals surface area contributed by atoms with Crippen LogP contribution in [0.3, 0.4) is 0 Å². The van der Waals surface area contributed by atoms with Crippen molar-refractivity contribution in [3.05, 3.63) is 35.9 Å². The summed E-state index contributed by atoms with van der Waals surface area (Å²) in [4.78, 5) is 37.0. The molecule has 1 saturated carbocycles. The van der Waals surface area contributed by atoms with Crippen LogP contribution >= 0.6 is 0 Å². The quantitative estimate of drug-likeness (QED) is 0.597. The van der Waals surface area contributed by atoms with Crippen molar-refractivity contribution in [1.29, 1.82) is 0 Å². The number of carbonyl (C=O) groups excluding carboxylic acids is 2. The van der Waals surface area contributed by atoms with E-state index in [1.54, 1.807) is 37.3 Å². The van der Waals surface area contributed by atoms with Crippen molar-refractivity contribution < 1.29 is 43.9 Å². The predicted molar refractivity (Wildman–Crippen MR) is 99.3 cm³/mol. The standard InChI is InChI=1S/C21H24O9/c1-11-10-28-20(9-14(11)29-18(25)12-5-3-2-4-6-12)19(26)21(27)15(22)7-13(17(23)24)8-16(21)30-20/h2-6,11,13-16,22,27H,7-10H2,1H3,(H,23,24)/t11-,13-,14+,15+,16-,20+,21-/m1/s1. The number of aliphatic carboxylic acids is 1. The lowest BCUT2D eigenvalue weighted by molar-refractivity contribution is -0.266. The molecule has 162 valence electrons. The van der Waals surface area contributed by atoms with Gasteiger partial charge in [0.1, 0.15) is 12.2 Å². The Morgan fingerprint density at radius 1 is 1.20 bits per heavy atom. The van der Waals surface area contributed by atoms with E-state index in [1.807, 2.05) is 0 Å². The van der Waals surface area contributed by atoms with E-state index in [4.69, 9.17) is 14.2 Å². The zero-order chi connectivity index (χ0) is 21.7. The minimum absolute atomic E-state index is 0.0275. The third-order valence-corrected chi connectivity index (χ3v) is 6.35. The zero-order valence-corrected chi connectivity index (χ0v) is 16.4. The first-order valence-electron chi connectivity index (χ1n) is 9.93. The number of aliphatic hydroxyl groups is 2. The van der Waals surface area contributed by atoms with E-state index >= 15 is 0 Å². The van der Waals surface area contributed by atoms with E-state index in [1.165, 1.54) is 0 Å². The van der Waals surface area contributed by atoms with Gasteiger partial charge >= 0.3 is 11.9 Å². The molecular formula is C21H24O9. The molecule has 1 spiro atoms. The number of Topliss-reactive ketones (excluding diaryl/α,β-unsaturated/α-hetero) is 1. The molecule has 2 heterocycles. The highest BCUT2D eigenvalue weighted by molar-refractivity contribution is 5.97. The number of carboxylic acid groups (broad SMARTS) is 1. The van der Waals surface area contributed by atoms with Crippen LogP contribution in [0, 0.1) is 11.8 Å². The van der Waals surface area contributed by atoms with Crippen LogP contribution in [-0.2, 0) is 23.8 Å². The molecule has 3 fully saturated rings. The van der Waals surface area contributed by atoms with Crippen molar-refractivity contribution >= 4 is 17.7 Å². The Kier molecular flexibility index (Phi) is 5.17. The third-order valence-electron chi connectivity index (χ3n) is 6.35. The molecule has 3 aliphatic rings. The van der Waals surface area contributed by atoms with Gasteiger partial charge in [0.2, 0.25) is 11.6 Å². The number of esters is 1. The molecule has 30 heavy (non-hydrogen) atoms. The van der Waals surface area contributed by atoms with Crippen molar-refractivity contribution in [2.45, 2.75) is 55.9 Å². The molecule has 3 N–H and O–H groups in total. The summed E-state index contributed by atoms with van der Waals surface area (Å²) >= 11 is 0. The van der Waals surface area contributed by atoms with Gasteiger partial charge in [-0.15, -0.1) is 0 Å². The smallest absolute Gasteiger partial charge is 0.338 e. The topological polar surface area (TPSA) is 140 Å². The highest BCUT2D eigenvalue weighted by Crippen LogP contribution is 2.49. The number of fused-ring (bicyclic) bond motifs is 1. The number of rotatable bonds is 3. The number of ketones is 1. The summed E-state index contributed by atoms with van der Waals surface area (Å²) in [6, 6.07) is 8.40. The molecule has 7 atom stereocenters. The van der Waals surface area contributed by atoms with Gasteiger partial charge in [-0.3, -0.25) is 9.59 Å². The maximum atomic E-state index is 13.2. The molecule has 1 aliphatic carbocycles. The fourth-order valence-electron chi connectivity index (χ4n) is 4.50. The number of benzene rings is 1. The van der Waals surface area contributed by atoms with Gasteiger partial charge < -0.3 is 29.5 Å². The van der Waals surface area contributed by atoms with Crippen LogP contribution in [0.25, 0.3) is 0 Å². The van der Waals surface area contributed by atoms with E-state index in [2.05, 4.69) is 0 Å². The fraction of sp³-hybridized carbons (Fsp3) is 0.571. The van der Waals surface area contributed by atoms with Crippen LogP contribution in [0.5, 0.6) is 0 Å². The summed E-state index contributed by atoms with van der Waals surface area (Å²) in [5.74, 6) is -5.65. The number of hydrogen-bond acceptors (Lipinski definition) is 8. The summed E-state index contributed by atoms with van der Waals surface area (Å²) in [6.07, 6.45) is -4.12. The zero-order valence-electron chi connectivity index (χ0n) is 16.4. The van der Waals surface area contributed by atoms with E-state index in [9.17, 15) is 29.7 Å². The molecule has 1 aromatic carbocycles. The second-order valence-corrected chi connectivity index (χ2v) is 8.34. The highest BCUT2D eigenvalue weighted by atomic mass is 16.7. The monoisotopic (exact) mass is 420 g/mol. The average molecular weight is 420 g/mol. The fourth-order valence-corrected chi connectivity index (χ4v) is 4.50. The first kappa shape index (κ1) is 20.9. The van der Waals surface area contributed by atoms with Crippen molar-refractivity contribution in [3.8, 4) is 0 Å². The lowest BCUT2D eigenvalue weighted by atomic mass is 9.72. The van der Waals surface area contributed by atoms with Gasteiger partial charge in [-0.25, -0.2) is 4.79 Å². The molecule has 1 aromatic rings. The number of carbonyl (C=O) groups is 3. The van der Waals surface area contributed by atoms with E-state index in [0.717, 1.165) is 0 Å². The van der Waals surface area contributed by atoms with Crippen molar-refractivity contribution in [3.63, 3.8) is 0 Å². The molecule has 0 unspecified atom stereocenters. The van der Waals surface area contributed by atoms with Gasteiger partial charge in [0.25, 0.3) is 0 Å². The Hall–Kier alpha value is -2.33. The van der Waals surface area contributed by atoms with Crippen LogP contribution in [-0.4, -0.2) is 69.3 Å². The maximum absolute atomic E-state index is 13.2. The van der Waals surface area contributed by atoms with Crippen LogP contribution in [0.2, 0.25) is 0 Å². The molecule has 2 aliphatic heterocycles. The van der Waals surface area contributed by atoms with E-state index < -0.39 is 53.3 Å². The van der Waals surface area contributed by atoms with E-state index in [-0.39, 0.29) is 31.8 Å². The third kappa shape index (κ3) is 3.22. The second-order valence-electron chi connectivity index (χ2n) is 8.34. The van der Waals surface area contributed by atoms with Gasteiger partial charge in [-0.2, -0.15) is 0 Å². The Labute approximate surface area is 172 Å². The Morgan fingerprint density at radius 2 is 1.90 bits per heavy atom. The highest BCUT2D eigenvalue weighted by Gasteiger charge is 2.70. The molecule has 9 nitrogen and oxygen atoms in total. The van der Waals surface area contributed by atoms with Crippen molar-refractivity contribution in [2.75, 3.05) is 6.61 Å². The van der Waals surface area contributed by atoms with Gasteiger partial charge in [-0.1, -0.05) is 25.1 Å². The van der Waals surface area contributed by atoms with Crippen molar-refractivity contribution in [1.82, 2.24) is 0 Å². The number of aliphatic hydroxyl groups excluding tert-OH is 1. The minimum atomic E-state index is -2.26. The lowest BCUT2D eigenvalue weighted by Gasteiger charge is -2.39. The summed E-state index contributed by atoms with van der Waals surface area (Å²) in [6.45, 7) is 1.83. The normalized spacial score (nSPS) is 40.8. The number of carboxylic acids is 1. The van der Waals surface area contributed by atoms with Gasteiger partial charge in [0.15, 0.2) is 5.60 Å². The van der Waals surface area contributed by atoms with Crippen LogP contribution < -0.4 is 0 Å². The van der Waals surface area contributed by atoms with Crippen LogP contribution in [0.1, 0.15) is 36.5 Å². The Bertz CT molecular complexity index is 855. The molecule has 0 aromatic heterocycles. The molecule has 2 saturated heterocycles. The Balaban J connectivity index is 1.56. The molecular weight excluding hydrogens is 396 g/mol. The second kappa shape index (κ2) is 7.42. The first-order chi connectivity index (χ1) is 14.2. The molecule has 0 amide bonds. The van der Waals surface area contributed by atoms with Gasteiger partial charge in [-0.05, 0) is 25.0 Å². The summed E-state index contributed by atoms with van der Waals surface area (Å²) in [5, 5.41) is 30.7. The summed E-state index contributed by atoms with van der Waals surface area (Å²) in [5.41, 5.74) is -1.91. The number of ether oxygens (including phenoxy) is 3. The van der Waals surface area contributed by atoms with E-state index in [0.29, 0.717) is 5.56 Å². The van der Waals surface area contributed by atoms with Crippen LogP contribution in [0.15, 0.2) is 30.3 Å². The van der Waals surface area contributed by atoms with Gasteiger partial charge in [0, 0.05) is 12.3 Å². The molecule has 4 rings (SSSR count). The Morgan fingerprint density at radius 3 is 2.57 bits per heavy atom. The largest absolute Gasteiger partial charge is 0.481 e. The summed E-state index contributed by atoms with van der Waals surface area (Å²) in [7, 11) is 0. The first-order valence-corrected chi connectivity index (χ1v) is 9.93. The van der Waals surface area contributed by atoms with Gasteiger partial charge in [0.05, 0.1) is 24.2 Å². The van der Waals surface area contributed by atoms with Crippen LogP contribution in [0.4, 0.5) is 0 Å². The molecule has 0 bridgehead atoms. The summed E-state index contributed by atoms with van der Waals surface area (Å²) < 4.78 is 17.1. The molecule has 0 radical (unpaired) electrons. The molecule has 9 heteroatoms. The minimum Gasteiger partial charge on any atom is -0.481 e.